The highest BCUT2D eigenvalue weighted by Crippen LogP contribution is 2.13. The maximum absolute atomic E-state index is 5.64. The van der Waals surface area contributed by atoms with Crippen molar-refractivity contribution in [3.8, 4) is 5.75 Å². The summed E-state index contributed by atoms with van der Waals surface area (Å²) in [5.74, 6) is 1.70. The van der Waals surface area contributed by atoms with Gasteiger partial charge in [-0.25, -0.2) is 0 Å². The summed E-state index contributed by atoms with van der Waals surface area (Å²) in [7, 11) is 1.78. The molecule has 126 valence electrons. The van der Waals surface area contributed by atoms with Gasteiger partial charge in [-0.1, -0.05) is 18.2 Å². The van der Waals surface area contributed by atoms with Crippen LogP contribution in [0.2, 0.25) is 0 Å². The molecule has 0 bridgehead atoms. The van der Waals surface area contributed by atoms with Crippen molar-refractivity contribution in [2.24, 2.45) is 4.99 Å². The number of benzene rings is 1. The van der Waals surface area contributed by atoms with E-state index < -0.39 is 0 Å². The molecule has 0 saturated heterocycles. The number of halogens is 1. The van der Waals surface area contributed by atoms with Gasteiger partial charge in [-0.15, -0.1) is 35.3 Å². The van der Waals surface area contributed by atoms with E-state index in [4.69, 9.17) is 4.74 Å². The number of rotatable bonds is 6. The van der Waals surface area contributed by atoms with E-state index in [0.29, 0.717) is 0 Å². The Balaban J connectivity index is 0.00000264. The third-order valence-corrected chi connectivity index (χ3v) is 3.87. The van der Waals surface area contributed by atoms with Crippen LogP contribution in [0, 0.1) is 0 Å². The monoisotopic (exact) mass is 445 g/mol. The molecule has 6 heteroatoms. The summed E-state index contributed by atoms with van der Waals surface area (Å²) < 4.78 is 5.64. The second-order valence-corrected chi connectivity index (χ2v) is 6.20. The molecule has 0 unspecified atom stereocenters. The molecule has 1 aromatic carbocycles. The average molecular weight is 445 g/mol. The van der Waals surface area contributed by atoms with Crippen molar-refractivity contribution in [1.82, 2.24) is 10.6 Å². The maximum atomic E-state index is 5.64. The Kier molecular flexibility index (Phi) is 9.01. The van der Waals surface area contributed by atoms with Crippen molar-refractivity contribution in [2.45, 2.75) is 33.0 Å². The summed E-state index contributed by atoms with van der Waals surface area (Å²) in [5.41, 5.74) is 1.19. The number of nitrogens with one attached hydrogen (secondary N) is 2. The molecule has 0 atom stereocenters. The second kappa shape index (κ2) is 10.5. The van der Waals surface area contributed by atoms with E-state index in [1.807, 2.05) is 26.0 Å². The summed E-state index contributed by atoms with van der Waals surface area (Å²) in [6.45, 7) is 5.57. The van der Waals surface area contributed by atoms with Crippen molar-refractivity contribution in [3.05, 3.63) is 52.2 Å². The van der Waals surface area contributed by atoms with E-state index in [1.165, 1.54) is 10.4 Å². The zero-order valence-corrected chi connectivity index (χ0v) is 16.9. The molecule has 0 aliphatic heterocycles. The van der Waals surface area contributed by atoms with Crippen LogP contribution in [0.1, 0.15) is 24.3 Å². The molecular formula is C17H24IN3OS. The van der Waals surface area contributed by atoms with Gasteiger partial charge in [0.25, 0.3) is 0 Å². The van der Waals surface area contributed by atoms with E-state index >= 15 is 0 Å². The SMILES string of the molecule is CN=C(NCc1ccc(OC(C)C)cc1)NCc1cccs1.I. The van der Waals surface area contributed by atoms with Crippen molar-refractivity contribution in [3.63, 3.8) is 0 Å². The Labute approximate surface area is 159 Å². The van der Waals surface area contributed by atoms with Gasteiger partial charge in [0, 0.05) is 18.5 Å². The van der Waals surface area contributed by atoms with Crippen LogP contribution in [-0.4, -0.2) is 19.1 Å². The molecule has 0 radical (unpaired) electrons. The molecule has 0 amide bonds. The molecule has 0 saturated carbocycles. The first-order valence-corrected chi connectivity index (χ1v) is 8.28. The lowest BCUT2D eigenvalue weighted by atomic mass is 10.2. The van der Waals surface area contributed by atoms with Crippen LogP contribution in [0.5, 0.6) is 5.75 Å². The lowest BCUT2D eigenvalue weighted by Gasteiger charge is -2.12. The van der Waals surface area contributed by atoms with Gasteiger partial charge in [-0.05, 0) is 43.0 Å². The predicted octanol–water partition coefficient (Wildman–Crippen LogP) is 4.02. The minimum Gasteiger partial charge on any atom is -0.491 e. The number of ether oxygens (including phenoxy) is 1. The molecule has 2 rings (SSSR count). The van der Waals surface area contributed by atoms with Crippen LogP contribution in [0.25, 0.3) is 0 Å². The van der Waals surface area contributed by atoms with E-state index in [9.17, 15) is 0 Å². The first kappa shape index (κ1) is 19.8. The van der Waals surface area contributed by atoms with Gasteiger partial charge < -0.3 is 15.4 Å². The lowest BCUT2D eigenvalue weighted by molar-refractivity contribution is 0.242. The van der Waals surface area contributed by atoms with Gasteiger partial charge >= 0.3 is 0 Å². The van der Waals surface area contributed by atoms with E-state index in [0.717, 1.165) is 24.8 Å². The number of thiophene rings is 1. The fraction of sp³-hybridized carbons (Fsp3) is 0.353. The van der Waals surface area contributed by atoms with Crippen molar-refractivity contribution in [1.29, 1.82) is 0 Å². The van der Waals surface area contributed by atoms with Gasteiger partial charge in [-0.3, -0.25) is 4.99 Å². The van der Waals surface area contributed by atoms with Gasteiger partial charge in [0.2, 0.25) is 0 Å². The fourth-order valence-corrected chi connectivity index (χ4v) is 2.59. The molecule has 1 aromatic heterocycles. The van der Waals surface area contributed by atoms with Gasteiger partial charge in [0.05, 0.1) is 12.6 Å². The third-order valence-electron chi connectivity index (χ3n) is 2.99. The normalized spacial score (nSPS) is 11.0. The zero-order valence-electron chi connectivity index (χ0n) is 13.7. The van der Waals surface area contributed by atoms with E-state index in [2.05, 4.69) is 45.3 Å². The van der Waals surface area contributed by atoms with E-state index in [-0.39, 0.29) is 30.1 Å². The van der Waals surface area contributed by atoms with Gasteiger partial charge in [0.15, 0.2) is 5.96 Å². The van der Waals surface area contributed by atoms with Crippen molar-refractivity contribution >= 4 is 41.3 Å². The molecule has 1 heterocycles. The van der Waals surface area contributed by atoms with Crippen LogP contribution in [-0.2, 0) is 13.1 Å². The molecule has 0 aliphatic rings. The zero-order chi connectivity index (χ0) is 15.8. The number of aliphatic imine (C=N–C) groups is 1. The highest BCUT2D eigenvalue weighted by molar-refractivity contribution is 14.0. The summed E-state index contributed by atoms with van der Waals surface area (Å²) in [6.07, 6.45) is 0.198. The smallest absolute Gasteiger partial charge is 0.191 e. The molecular weight excluding hydrogens is 421 g/mol. The third kappa shape index (κ3) is 7.22. The molecule has 23 heavy (non-hydrogen) atoms. The van der Waals surface area contributed by atoms with Crippen molar-refractivity contribution in [2.75, 3.05) is 7.05 Å². The van der Waals surface area contributed by atoms with Crippen LogP contribution >= 0.6 is 35.3 Å². The number of hydrogen-bond acceptors (Lipinski definition) is 3. The molecule has 2 aromatic rings. The maximum Gasteiger partial charge on any atom is 0.191 e. The molecule has 0 spiro atoms. The average Bonchev–Trinajstić information content (AvgIpc) is 3.02. The first-order valence-electron chi connectivity index (χ1n) is 7.40. The number of nitrogens with zero attached hydrogens (tertiary/aromatic N) is 1. The molecule has 4 nitrogen and oxygen atoms in total. The van der Waals surface area contributed by atoms with Crippen LogP contribution in [0.15, 0.2) is 46.8 Å². The Hall–Kier alpha value is -1.28. The van der Waals surface area contributed by atoms with Crippen LogP contribution in [0.3, 0.4) is 0 Å². The van der Waals surface area contributed by atoms with Gasteiger partial charge in [0.1, 0.15) is 5.75 Å². The van der Waals surface area contributed by atoms with Crippen LogP contribution in [0.4, 0.5) is 0 Å². The lowest BCUT2D eigenvalue weighted by Crippen LogP contribution is -2.36. The highest BCUT2D eigenvalue weighted by Gasteiger charge is 2.01. The highest BCUT2D eigenvalue weighted by atomic mass is 127. The minimum atomic E-state index is 0. The summed E-state index contributed by atoms with van der Waals surface area (Å²) in [4.78, 5) is 5.52. The predicted molar refractivity (Wildman–Crippen MR) is 109 cm³/mol. The van der Waals surface area contributed by atoms with Crippen molar-refractivity contribution < 1.29 is 4.74 Å². The molecule has 2 N–H and O–H groups in total. The fourth-order valence-electron chi connectivity index (χ4n) is 1.95. The number of hydrogen-bond donors (Lipinski definition) is 2. The minimum absolute atomic E-state index is 0. The van der Waals surface area contributed by atoms with Gasteiger partial charge in [-0.2, -0.15) is 0 Å². The summed E-state index contributed by atoms with van der Waals surface area (Å²) in [5, 5.41) is 8.69. The topological polar surface area (TPSA) is 45.7 Å². The largest absolute Gasteiger partial charge is 0.491 e. The molecule has 0 fully saturated rings. The second-order valence-electron chi connectivity index (χ2n) is 5.17. The summed E-state index contributed by atoms with van der Waals surface area (Å²) >= 11 is 1.74. The summed E-state index contributed by atoms with van der Waals surface area (Å²) in [6, 6.07) is 12.3. The Morgan fingerprint density at radius 1 is 1.13 bits per heavy atom. The Morgan fingerprint density at radius 3 is 2.39 bits per heavy atom. The Morgan fingerprint density at radius 2 is 1.83 bits per heavy atom. The number of guanidine groups is 1. The first-order chi connectivity index (χ1) is 10.7. The standard InChI is InChI=1S/C17H23N3OS.HI/c1-13(2)21-15-8-6-14(7-9-15)11-19-17(18-3)20-12-16-5-4-10-22-16;/h4-10,13H,11-12H2,1-3H3,(H2,18,19,20);1H. The quantitative estimate of drug-likeness (QED) is 0.401. The molecule has 0 aliphatic carbocycles. The van der Waals surface area contributed by atoms with Crippen LogP contribution < -0.4 is 15.4 Å². The Bertz CT molecular complexity index is 582. The van der Waals surface area contributed by atoms with E-state index in [1.54, 1.807) is 18.4 Å².